The summed E-state index contributed by atoms with van der Waals surface area (Å²) in [6.07, 6.45) is 4.11. The minimum Gasteiger partial charge on any atom is -0.459 e. The standard InChI is InChI=1S/C17H19Cl2NO2.ClH/c1-10(16-14(18)4-3-5-15(16)19)17(21)22-13-8-11-6-7-12(9-13)20(11)2;/h3-5,11-13H,1,6-9H2,2H3;1H/t11-,12+,13?;. The third-order valence-corrected chi connectivity index (χ3v) is 5.47. The van der Waals surface area contributed by atoms with Gasteiger partial charge in [0.15, 0.2) is 0 Å². The van der Waals surface area contributed by atoms with Crippen molar-refractivity contribution in [1.82, 2.24) is 4.90 Å². The van der Waals surface area contributed by atoms with E-state index in [1.165, 1.54) is 12.8 Å². The average molecular weight is 377 g/mol. The number of rotatable bonds is 3. The summed E-state index contributed by atoms with van der Waals surface area (Å²) < 4.78 is 5.66. The molecule has 1 unspecified atom stereocenters. The lowest BCUT2D eigenvalue weighted by Crippen LogP contribution is -2.43. The number of halogens is 3. The molecule has 2 aliphatic rings. The number of esters is 1. The van der Waals surface area contributed by atoms with Crippen molar-refractivity contribution in [3.8, 4) is 0 Å². The van der Waals surface area contributed by atoms with Crippen LogP contribution in [0.3, 0.4) is 0 Å². The maximum atomic E-state index is 12.4. The molecular formula is C17H20Cl3NO2. The Hall–Kier alpha value is -0.740. The molecule has 3 atom stereocenters. The molecule has 126 valence electrons. The average Bonchev–Trinajstić information content (AvgIpc) is 2.70. The Labute approximate surface area is 153 Å². The van der Waals surface area contributed by atoms with Gasteiger partial charge >= 0.3 is 5.97 Å². The van der Waals surface area contributed by atoms with Crippen molar-refractivity contribution < 1.29 is 9.53 Å². The van der Waals surface area contributed by atoms with E-state index in [-0.39, 0.29) is 24.1 Å². The summed E-state index contributed by atoms with van der Waals surface area (Å²) in [5.41, 5.74) is 0.689. The Morgan fingerprint density at radius 1 is 1.22 bits per heavy atom. The molecule has 0 radical (unpaired) electrons. The molecule has 2 fully saturated rings. The molecule has 0 N–H and O–H groups in total. The highest BCUT2D eigenvalue weighted by Gasteiger charge is 2.40. The quantitative estimate of drug-likeness (QED) is 0.570. The van der Waals surface area contributed by atoms with Gasteiger partial charge in [-0.3, -0.25) is 0 Å². The van der Waals surface area contributed by atoms with E-state index in [9.17, 15) is 4.79 Å². The Balaban J connectivity index is 0.00000192. The topological polar surface area (TPSA) is 29.5 Å². The fourth-order valence-corrected chi connectivity index (χ4v) is 4.19. The minimum absolute atomic E-state index is 0. The maximum Gasteiger partial charge on any atom is 0.338 e. The fourth-order valence-electron chi connectivity index (χ4n) is 3.57. The van der Waals surface area contributed by atoms with Gasteiger partial charge in [0.25, 0.3) is 0 Å². The number of carbonyl (C=O) groups is 1. The molecule has 0 amide bonds. The number of hydrogen-bond donors (Lipinski definition) is 0. The number of hydrogen-bond acceptors (Lipinski definition) is 3. The molecule has 0 saturated carbocycles. The van der Waals surface area contributed by atoms with Crippen molar-refractivity contribution in [1.29, 1.82) is 0 Å². The first kappa shape index (κ1) is 18.6. The second kappa shape index (κ2) is 7.43. The van der Waals surface area contributed by atoms with Gasteiger partial charge in [0.05, 0.1) is 15.6 Å². The van der Waals surface area contributed by atoms with Crippen molar-refractivity contribution in [3.63, 3.8) is 0 Å². The Morgan fingerprint density at radius 2 is 1.74 bits per heavy atom. The number of nitrogens with zero attached hydrogens (tertiary/aromatic N) is 1. The zero-order valence-corrected chi connectivity index (χ0v) is 15.3. The number of piperidine rings is 1. The molecule has 2 aliphatic heterocycles. The number of carbonyl (C=O) groups excluding carboxylic acids is 1. The summed E-state index contributed by atoms with van der Waals surface area (Å²) in [5.74, 6) is -0.427. The first-order valence-corrected chi connectivity index (χ1v) is 8.29. The van der Waals surface area contributed by atoms with Crippen LogP contribution >= 0.6 is 35.6 Å². The first-order chi connectivity index (χ1) is 10.5. The summed E-state index contributed by atoms with van der Waals surface area (Å²) in [5, 5.41) is 0.829. The molecule has 2 bridgehead atoms. The van der Waals surface area contributed by atoms with E-state index < -0.39 is 5.97 Å². The first-order valence-electron chi connectivity index (χ1n) is 7.53. The van der Waals surface area contributed by atoms with E-state index in [0.717, 1.165) is 12.8 Å². The van der Waals surface area contributed by atoms with Gasteiger partial charge in [-0.1, -0.05) is 35.8 Å². The van der Waals surface area contributed by atoms with E-state index in [0.29, 0.717) is 27.7 Å². The monoisotopic (exact) mass is 375 g/mol. The van der Waals surface area contributed by atoms with Crippen LogP contribution in [-0.4, -0.2) is 36.1 Å². The second-order valence-electron chi connectivity index (χ2n) is 6.12. The van der Waals surface area contributed by atoms with Crippen LogP contribution in [0.2, 0.25) is 10.0 Å². The highest BCUT2D eigenvalue weighted by Crippen LogP contribution is 2.37. The predicted molar refractivity (Wildman–Crippen MR) is 96.4 cm³/mol. The third kappa shape index (κ3) is 3.69. The van der Waals surface area contributed by atoms with Gasteiger partial charge in [0.2, 0.25) is 0 Å². The molecule has 23 heavy (non-hydrogen) atoms. The molecular weight excluding hydrogens is 357 g/mol. The largest absolute Gasteiger partial charge is 0.459 e. The van der Waals surface area contributed by atoms with E-state index >= 15 is 0 Å². The summed E-state index contributed by atoms with van der Waals surface area (Å²) in [4.78, 5) is 14.8. The molecule has 2 saturated heterocycles. The van der Waals surface area contributed by atoms with Gasteiger partial charge in [-0.2, -0.15) is 0 Å². The van der Waals surface area contributed by atoms with Crippen LogP contribution in [0, 0.1) is 0 Å². The molecule has 1 aromatic carbocycles. The van der Waals surface area contributed by atoms with Gasteiger partial charge in [-0.05, 0) is 32.0 Å². The van der Waals surface area contributed by atoms with Crippen LogP contribution in [-0.2, 0) is 9.53 Å². The third-order valence-electron chi connectivity index (χ3n) is 4.84. The van der Waals surface area contributed by atoms with Gasteiger partial charge in [-0.15, -0.1) is 12.4 Å². The lowest BCUT2D eigenvalue weighted by molar-refractivity contribution is -0.145. The highest BCUT2D eigenvalue weighted by atomic mass is 35.5. The smallest absolute Gasteiger partial charge is 0.338 e. The van der Waals surface area contributed by atoms with Crippen molar-refractivity contribution in [3.05, 3.63) is 40.4 Å². The Morgan fingerprint density at radius 3 is 2.26 bits per heavy atom. The zero-order chi connectivity index (χ0) is 15.9. The van der Waals surface area contributed by atoms with Gasteiger partial charge < -0.3 is 9.64 Å². The summed E-state index contributed by atoms with van der Waals surface area (Å²) in [6, 6.07) is 6.16. The molecule has 0 spiro atoms. The molecule has 3 nitrogen and oxygen atoms in total. The molecule has 2 heterocycles. The van der Waals surface area contributed by atoms with Crippen molar-refractivity contribution in [2.45, 2.75) is 43.9 Å². The van der Waals surface area contributed by atoms with Gasteiger partial charge in [0, 0.05) is 30.5 Å². The van der Waals surface area contributed by atoms with Crippen LogP contribution in [0.1, 0.15) is 31.2 Å². The second-order valence-corrected chi connectivity index (χ2v) is 6.94. The van der Waals surface area contributed by atoms with E-state index in [2.05, 4.69) is 18.5 Å². The van der Waals surface area contributed by atoms with Crippen LogP contribution < -0.4 is 0 Å². The summed E-state index contributed by atoms with van der Waals surface area (Å²) in [6.45, 7) is 3.83. The fraction of sp³-hybridized carbons (Fsp3) is 0.471. The van der Waals surface area contributed by atoms with Gasteiger partial charge in [0.1, 0.15) is 6.10 Å². The number of ether oxygens (including phenoxy) is 1. The van der Waals surface area contributed by atoms with Gasteiger partial charge in [-0.25, -0.2) is 4.79 Å². The van der Waals surface area contributed by atoms with Crippen LogP contribution in [0.25, 0.3) is 5.57 Å². The van der Waals surface area contributed by atoms with Crippen LogP contribution in [0.4, 0.5) is 0 Å². The number of benzene rings is 1. The van der Waals surface area contributed by atoms with Crippen molar-refractivity contribution >= 4 is 47.2 Å². The molecule has 1 aromatic rings. The lowest BCUT2D eigenvalue weighted by atomic mass is 10.0. The van der Waals surface area contributed by atoms with E-state index in [4.69, 9.17) is 27.9 Å². The predicted octanol–water partition coefficient (Wildman–Crippen LogP) is 4.60. The SMILES string of the molecule is C=C(C(=O)OC1C[C@H]2CC[C@@H](C1)N2C)c1c(Cl)cccc1Cl.Cl. The molecule has 3 rings (SSSR count). The van der Waals surface area contributed by atoms with E-state index in [1.807, 2.05) is 0 Å². The Kier molecular flexibility index (Phi) is 6.01. The summed E-state index contributed by atoms with van der Waals surface area (Å²) >= 11 is 12.3. The van der Waals surface area contributed by atoms with Crippen LogP contribution in [0.5, 0.6) is 0 Å². The lowest BCUT2D eigenvalue weighted by Gasteiger charge is -2.35. The molecule has 0 aliphatic carbocycles. The van der Waals surface area contributed by atoms with E-state index in [1.54, 1.807) is 18.2 Å². The molecule has 6 heteroatoms. The molecule has 0 aromatic heterocycles. The normalized spacial score (nSPS) is 26.5. The summed E-state index contributed by atoms with van der Waals surface area (Å²) in [7, 11) is 2.16. The minimum atomic E-state index is -0.427. The highest BCUT2D eigenvalue weighted by molar-refractivity contribution is 6.40. The van der Waals surface area contributed by atoms with Crippen molar-refractivity contribution in [2.24, 2.45) is 0 Å². The van der Waals surface area contributed by atoms with Crippen LogP contribution in [0.15, 0.2) is 24.8 Å². The maximum absolute atomic E-state index is 12.4. The zero-order valence-electron chi connectivity index (χ0n) is 12.9. The van der Waals surface area contributed by atoms with Crippen molar-refractivity contribution in [2.75, 3.05) is 7.05 Å². The Bertz CT molecular complexity index is 586. The number of fused-ring (bicyclic) bond motifs is 2.